The van der Waals surface area contributed by atoms with Crippen LogP contribution in [0.3, 0.4) is 0 Å². The van der Waals surface area contributed by atoms with Crippen LogP contribution < -0.4 is 5.73 Å². The average molecular weight is 157 g/mol. The van der Waals surface area contributed by atoms with Crippen molar-refractivity contribution in [2.75, 3.05) is 19.8 Å². The van der Waals surface area contributed by atoms with Crippen molar-refractivity contribution in [3.05, 3.63) is 11.6 Å². The van der Waals surface area contributed by atoms with Crippen molar-refractivity contribution in [1.29, 1.82) is 0 Å². The van der Waals surface area contributed by atoms with Crippen LogP contribution in [-0.4, -0.2) is 25.5 Å². The Labute approximate surface area is 67.2 Å². The maximum atomic E-state index is 10.9. The quantitative estimate of drug-likeness (QED) is 0.467. The summed E-state index contributed by atoms with van der Waals surface area (Å²) in [6, 6.07) is 0. The molecule has 0 saturated carbocycles. The Morgan fingerprint density at radius 2 is 2.18 bits per heavy atom. The average Bonchev–Trinajstić information content (AvgIpc) is 1.86. The molecule has 3 nitrogen and oxygen atoms in total. The molecule has 0 radical (unpaired) electrons. The number of hydrogen-bond donors (Lipinski definition) is 1. The van der Waals surface area contributed by atoms with Crippen molar-refractivity contribution in [3.63, 3.8) is 0 Å². The summed E-state index contributed by atoms with van der Waals surface area (Å²) < 4.78 is 4.93. The minimum absolute atomic E-state index is 0.00144. The van der Waals surface area contributed by atoms with Gasteiger partial charge in [-0.25, -0.2) is 0 Å². The van der Waals surface area contributed by atoms with E-state index in [0.29, 0.717) is 13.2 Å². The first-order valence-electron chi connectivity index (χ1n) is 3.62. The first-order chi connectivity index (χ1) is 5.16. The van der Waals surface area contributed by atoms with Gasteiger partial charge in [-0.1, -0.05) is 5.57 Å². The second-order valence-corrected chi connectivity index (χ2v) is 2.53. The molecule has 0 aromatic rings. The Balaban J connectivity index is 3.46. The van der Waals surface area contributed by atoms with Crippen molar-refractivity contribution in [1.82, 2.24) is 0 Å². The van der Waals surface area contributed by atoms with Crippen LogP contribution in [0.15, 0.2) is 11.6 Å². The Bertz CT molecular complexity index is 148. The maximum absolute atomic E-state index is 10.9. The lowest BCUT2D eigenvalue weighted by Crippen LogP contribution is -2.13. The third-order valence-electron chi connectivity index (χ3n) is 0.956. The van der Waals surface area contributed by atoms with Crippen molar-refractivity contribution in [2.45, 2.75) is 13.8 Å². The van der Waals surface area contributed by atoms with Gasteiger partial charge in [0.15, 0.2) is 5.78 Å². The minimum atomic E-state index is -0.00144. The van der Waals surface area contributed by atoms with E-state index >= 15 is 0 Å². The zero-order valence-electron chi connectivity index (χ0n) is 7.09. The first-order valence-corrected chi connectivity index (χ1v) is 3.62. The number of nitrogens with two attached hydrogens (primary N) is 1. The van der Waals surface area contributed by atoms with Crippen LogP contribution in [0, 0.1) is 0 Å². The molecule has 0 unspecified atom stereocenters. The van der Waals surface area contributed by atoms with Gasteiger partial charge in [-0.15, -0.1) is 0 Å². The van der Waals surface area contributed by atoms with Crippen molar-refractivity contribution in [2.24, 2.45) is 5.73 Å². The van der Waals surface area contributed by atoms with Crippen molar-refractivity contribution in [3.8, 4) is 0 Å². The Morgan fingerprint density at radius 1 is 1.55 bits per heavy atom. The first kappa shape index (κ1) is 10.3. The largest absolute Gasteiger partial charge is 0.372 e. The van der Waals surface area contributed by atoms with E-state index in [0.717, 1.165) is 5.57 Å². The number of ketones is 1. The molecular weight excluding hydrogens is 142 g/mol. The highest BCUT2D eigenvalue weighted by atomic mass is 16.5. The molecule has 0 aliphatic carbocycles. The van der Waals surface area contributed by atoms with E-state index in [-0.39, 0.29) is 12.4 Å². The van der Waals surface area contributed by atoms with E-state index in [1.54, 1.807) is 6.08 Å². The maximum Gasteiger partial charge on any atom is 0.181 e. The highest BCUT2D eigenvalue weighted by molar-refractivity contribution is 5.91. The number of carbonyl (C=O) groups excluding carboxylic acids is 1. The van der Waals surface area contributed by atoms with Crippen LogP contribution in [-0.2, 0) is 9.53 Å². The summed E-state index contributed by atoms with van der Waals surface area (Å²) in [4.78, 5) is 10.9. The molecule has 3 heteroatoms. The second kappa shape index (κ2) is 6.07. The number of rotatable bonds is 5. The molecule has 11 heavy (non-hydrogen) atoms. The molecule has 0 aliphatic heterocycles. The van der Waals surface area contributed by atoms with Gasteiger partial charge in [0.2, 0.25) is 0 Å². The summed E-state index contributed by atoms with van der Waals surface area (Å²) >= 11 is 0. The lowest BCUT2D eigenvalue weighted by Gasteiger charge is -1.97. The van der Waals surface area contributed by atoms with Crippen LogP contribution in [0.25, 0.3) is 0 Å². The number of ether oxygens (including phenoxy) is 1. The fourth-order valence-electron chi connectivity index (χ4n) is 0.620. The summed E-state index contributed by atoms with van der Waals surface area (Å²) in [6.45, 7) is 4.80. The lowest BCUT2D eigenvalue weighted by atomic mass is 10.2. The number of carbonyl (C=O) groups is 1. The van der Waals surface area contributed by atoms with Gasteiger partial charge in [-0.05, 0) is 19.9 Å². The molecule has 2 N–H and O–H groups in total. The molecule has 0 aromatic carbocycles. The molecule has 0 amide bonds. The predicted octanol–water partition coefficient (Wildman–Crippen LogP) is 0.497. The third kappa shape index (κ3) is 7.22. The van der Waals surface area contributed by atoms with Gasteiger partial charge in [-0.3, -0.25) is 4.79 Å². The molecule has 0 spiro atoms. The SMILES string of the molecule is CC(C)=CC(=O)COCCN. The van der Waals surface area contributed by atoms with Gasteiger partial charge in [0, 0.05) is 6.54 Å². The monoisotopic (exact) mass is 157 g/mol. The highest BCUT2D eigenvalue weighted by Gasteiger charge is 1.95. The summed E-state index contributed by atoms with van der Waals surface area (Å²) in [5.41, 5.74) is 6.16. The number of allylic oxidation sites excluding steroid dienone is 1. The van der Waals surface area contributed by atoms with E-state index in [2.05, 4.69) is 0 Å². The highest BCUT2D eigenvalue weighted by Crippen LogP contribution is 1.89. The fourth-order valence-corrected chi connectivity index (χ4v) is 0.620. The molecule has 0 bridgehead atoms. The molecule has 0 heterocycles. The lowest BCUT2D eigenvalue weighted by molar-refractivity contribution is -0.118. The zero-order valence-corrected chi connectivity index (χ0v) is 7.09. The summed E-state index contributed by atoms with van der Waals surface area (Å²) in [6.07, 6.45) is 1.57. The van der Waals surface area contributed by atoms with Crippen LogP contribution in [0.1, 0.15) is 13.8 Å². The molecule has 0 fully saturated rings. The Kier molecular flexibility index (Phi) is 5.70. The van der Waals surface area contributed by atoms with Gasteiger partial charge in [-0.2, -0.15) is 0 Å². The molecule has 0 rings (SSSR count). The predicted molar refractivity (Wildman–Crippen MR) is 44.3 cm³/mol. The normalized spacial score (nSPS) is 9.36. The summed E-state index contributed by atoms with van der Waals surface area (Å²) in [5, 5.41) is 0. The topological polar surface area (TPSA) is 52.3 Å². The Hall–Kier alpha value is -0.670. The van der Waals surface area contributed by atoms with Crippen molar-refractivity contribution >= 4 is 5.78 Å². The minimum Gasteiger partial charge on any atom is -0.372 e. The van der Waals surface area contributed by atoms with Crippen molar-refractivity contribution < 1.29 is 9.53 Å². The van der Waals surface area contributed by atoms with E-state index in [9.17, 15) is 4.79 Å². The molecule has 0 aliphatic rings. The van der Waals surface area contributed by atoms with Crippen LogP contribution in [0.2, 0.25) is 0 Å². The number of hydrogen-bond acceptors (Lipinski definition) is 3. The molecule has 64 valence electrons. The summed E-state index contributed by atoms with van der Waals surface area (Å²) in [5.74, 6) is -0.00144. The van der Waals surface area contributed by atoms with E-state index in [4.69, 9.17) is 10.5 Å². The molecule has 0 saturated heterocycles. The Morgan fingerprint density at radius 3 is 2.64 bits per heavy atom. The van der Waals surface area contributed by atoms with Gasteiger partial charge >= 0.3 is 0 Å². The van der Waals surface area contributed by atoms with E-state index in [1.165, 1.54) is 0 Å². The molecular formula is C8H15NO2. The van der Waals surface area contributed by atoms with Crippen LogP contribution in [0.4, 0.5) is 0 Å². The van der Waals surface area contributed by atoms with E-state index < -0.39 is 0 Å². The molecule has 0 aromatic heterocycles. The van der Waals surface area contributed by atoms with E-state index in [1.807, 2.05) is 13.8 Å². The van der Waals surface area contributed by atoms with Gasteiger partial charge < -0.3 is 10.5 Å². The zero-order chi connectivity index (χ0) is 8.69. The van der Waals surface area contributed by atoms with Gasteiger partial charge in [0.25, 0.3) is 0 Å². The third-order valence-corrected chi connectivity index (χ3v) is 0.956. The van der Waals surface area contributed by atoms with Gasteiger partial charge in [0.05, 0.1) is 6.61 Å². The van der Waals surface area contributed by atoms with Gasteiger partial charge in [0.1, 0.15) is 6.61 Å². The van der Waals surface area contributed by atoms with Crippen LogP contribution in [0.5, 0.6) is 0 Å². The summed E-state index contributed by atoms with van der Waals surface area (Å²) in [7, 11) is 0. The fraction of sp³-hybridized carbons (Fsp3) is 0.625. The smallest absolute Gasteiger partial charge is 0.181 e. The standard InChI is InChI=1S/C8H15NO2/c1-7(2)5-8(10)6-11-4-3-9/h5H,3-4,6,9H2,1-2H3. The van der Waals surface area contributed by atoms with Crippen LogP contribution >= 0.6 is 0 Å². The molecule has 0 atom stereocenters. The second-order valence-electron chi connectivity index (χ2n) is 2.53.